The van der Waals surface area contributed by atoms with Crippen molar-refractivity contribution in [3.05, 3.63) is 58.1 Å². The van der Waals surface area contributed by atoms with Gasteiger partial charge in [0, 0.05) is 10.2 Å². The van der Waals surface area contributed by atoms with E-state index in [2.05, 4.69) is 26.6 Å². The monoisotopic (exact) mass is 404 g/mol. The fourth-order valence-electron chi connectivity index (χ4n) is 2.26. The molecule has 0 heterocycles. The van der Waals surface area contributed by atoms with Gasteiger partial charge in [-0.3, -0.25) is 9.59 Å². The van der Waals surface area contributed by atoms with Crippen molar-refractivity contribution >= 4 is 33.4 Å². The fourth-order valence-corrected chi connectivity index (χ4v) is 2.73. The molecule has 0 radical (unpaired) electrons. The highest BCUT2D eigenvalue weighted by atomic mass is 79.9. The minimum atomic E-state index is -0.259. The molecule has 6 heteroatoms. The molecule has 0 saturated heterocycles. The van der Waals surface area contributed by atoms with Crippen molar-refractivity contribution in [1.82, 2.24) is 5.32 Å². The highest BCUT2D eigenvalue weighted by molar-refractivity contribution is 9.10. The van der Waals surface area contributed by atoms with Crippen LogP contribution in [-0.2, 0) is 16.0 Å². The summed E-state index contributed by atoms with van der Waals surface area (Å²) in [4.78, 5) is 23.9. The average molecular weight is 405 g/mol. The van der Waals surface area contributed by atoms with Crippen molar-refractivity contribution in [3.63, 3.8) is 0 Å². The third-order valence-corrected chi connectivity index (χ3v) is 4.00. The van der Waals surface area contributed by atoms with Gasteiger partial charge in [-0.25, -0.2) is 0 Å². The van der Waals surface area contributed by atoms with Gasteiger partial charge in [0.1, 0.15) is 5.75 Å². The zero-order chi connectivity index (χ0) is 18.2. The Labute approximate surface area is 155 Å². The molecule has 0 unspecified atom stereocenters. The van der Waals surface area contributed by atoms with Gasteiger partial charge in [-0.2, -0.15) is 0 Å². The molecule has 5 nitrogen and oxygen atoms in total. The third kappa shape index (κ3) is 6.23. The van der Waals surface area contributed by atoms with Crippen LogP contribution in [0.5, 0.6) is 5.75 Å². The topological polar surface area (TPSA) is 67.4 Å². The molecular weight excluding hydrogens is 384 g/mol. The van der Waals surface area contributed by atoms with E-state index in [1.54, 1.807) is 0 Å². The third-order valence-electron chi connectivity index (χ3n) is 3.51. The number of nitrogens with one attached hydrogen (secondary N) is 2. The average Bonchev–Trinajstić information content (AvgIpc) is 2.58. The van der Waals surface area contributed by atoms with Crippen LogP contribution in [0, 0.1) is 6.92 Å². The van der Waals surface area contributed by atoms with Crippen LogP contribution in [0.4, 0.5) is 5.69 Å². The van der Waals surface area contributed by atoms with E-state index in [9.17, 15) is 9.59 Å². The van der Waals surface area contributed by atoms with Gasteiger partial charge in [-0.05, 0) is 55.3 Å². The molecule has 25 heavy (non-hydrogen) atoms. The molecular formula is C19H21BrN2O3. The summed E-state index contributed by atoms with van der Waals surface area (Å²) in [5.74, 6) is 0.313. The Kier molecular flexibility index (Phi) is 7.01. The summed E-state index contributed by atoms with van der Waals surface area (Å²) >= 11 is 3.38. The lowest BCUT2D eigenvalue weighted by Gasteiger charge is -2.10. The minimum absolute atomic E-state index is 0.0641. The number of carbonyl (C=O) groups excluding carboxylic acids is 2. The highest BCUT2D eigenvalue weighted by Crippen LogP contribution is 2.19. The van der Waals surface area contributed by atoms with Crippen LogP contribution in [0.2, 0.25) is 0 Å². The second-order valence-corrected chi connectivity index (χ2v) is 6.45. The zero-order valence-corrected chi connectivity index (χ0v) is 15.9. The van der Waals surface area contributed by atoms with E-state index in [0.717, 1.165) is 27.0 Å². The molecule has 2 N–H and O–H groups in total. The second-order valence-electron chi connectivity index (χ2n) is 5.54. The lowest BCUT2D eigenvalue weighted by atomic mass is 10.1. The van der Waals surface area contributed by atoms with Gasteiger partial charge in [0.25, 0.3) is 0 Å². The van der Waals surface area contributed by atoms with Crippen LogP contribution >= 0.6 is 15.9 Å². The molecule has 2 aromatic carbocycles. The number of carbonyl (C=O) groups is 2. The smallest absolute Gasteiger partial charge is 0.243 e. The zero-order valence-electron chi connectivity index (χ0n) is 14.3. The summed E-state index contributed by atoms with van der Waals surface area (Å²) in [6.45, 7) is 4.37. The number of hydrogen-bond acceptors (Lipinski definition) is 3. The van der Waals surface area contributed by atoms with E-state index in [4.69, 9.17) is 4.74 Å². The van der Waals surface area contributed by atoms with Crippen molar-refractivity contribution in [3.8, 4) is 5.75 Å². The molecule has 132 valence electrons. The Balaban J connectivity index is 1.79. The standard InChI is InChI=1S/C19H21BrN2O3/c1-3-25-16-7-4-14(5-8-16)11-18(23)21-12-19(24)22-17-9-6-15(20)10-13(17)2/h4-10H,3,11-12H2,1-2H3,(H,21,23)(H,22,24). The van der Waals surface area contributed by atoms with Crippen molar-refractivity contribution in [2.24, 2.45) is 0 Å². The van der Waals surface area contributed by atoms with E-state index in [0.29, 0.717) is 6.61 Å². The number of aryl methyl sites for hydroxylation is 1. The van der Waals surface area contributed by atoms with Crippen molar-refractivity contribution < 1.29 is 14.3 Å². The first-order chi connectivity index (χ1) is 12.0. The van der Waals surface area contributed by atoms with Crippen LogP contribution in [0.3, 0.4) is 0 Å². The Bertz CT molecular complexity index is 745. The van der Waals surface area contributed by atoms with E-state index < -0.39 is 0 Å². The maximum atomic E-state index is 12.0. The van der Waals surface area contributed by atoms with Gasteiger partial charge in [-0.1, -0.05) is 28.1 Å². The number of ether oxygens (including phenoxy) is 1. The molecule has 0 aromatic heterocycles. The number of amides is 2. The Morgan fingerprint density at radius 1 is 1.08 bits per heavy atom. The molecule has 0 aliphatic carbocycles. The Morgan fingerprint density at radius 2 is 1.80 bits per heavy atom. The van der Waals surface area contributed by atoms with Crippen LogP contribution < -0.4 is 15.4 Å². The summed E-state index contributed by atoms with van der Waals surface area (Å²) in [7, 11) is 0. The van der Waals surface area contributed by atoms with Gasteiger partial charge in [0.05, 0.1) is 19.6 Å². The Hall–Kier alpha value is -2.34. The number of benzene rings is 2. The quantitative estimate of drug-likeness (QED) is 0.742. The SMILES string of the molecule is CCOc1ccc(CC(=O)NCC(=O)Nc2ccc(Br)cc2C)cc1. The van der Waals surface area contributed by atoms with Crippen molar-refractivity contribution in [2.45, 2.75) is 20.3 Å². The molecule has 0 fully saturated rings. The van der Waals surface area contributed by atoms with Crippen LogP contribution in [-0.4, -0.2) is 25.0 Å². The van der Waals surface area contributed by atoms with Gasteiger partial charge in [0.15, 0.2) is 0 Å². The number of halogens is 1. The van der Waals surface area contributed by atoms with Crippen LogP contribution in [0.15, 0.2) is 46.9 Å². The Morgan fingerprint density at radius 3 is 2.44 bits per heavy atom. The predicted molar refractivity (Wildman–Crippen MR) is 102 cm³/mol. The molecule has 2 rings (SSSR count). The molecule has 0 atom stereocenters. The lowest BCUT2D eigenvalue weighted by molar-refractivity contribution is -0.123. The number of hydrogen-bond donors (Lipinski definition) is 2. The maximum Gasteiger partial charge on any atom is 0.243 e. The summed E-state index contributed by atoms with van der Waals surface area (Å²) in [6.07, 6.45) is 0.219. The molecule has 0 aliphatic heterocycles. The van der Waals surface area contributed by atoms with Crippen LogP contribution in [0.1, 0.15) is 18.1 Å². The lowest BCUT2D eigenvalue weighted by Crippen LogP contribution is -2.33. The van der Waals surface area contributed by atoms with Gasteiger partial charge >= 0.3 is 0 Å². The molecule has 0 aliphatic rings. The molecule has 2 aromatic rings. The summed E-state index contributed by atoms with van der Waals surface area (Å²) in [6, 6.07) is 12.9. The number of anilines is 1. The van der Waals surface area contributed by atoms with Crippen molar-refractivity contribution in [1.29, 1.82) is 0 Å². The maximum absolute atomic E-state index is 12.0. The largest absolute Gasteiger partial charge is 0.494 e. The summed E-state index contributed by atoms with van der Waals surface area (Å²) in [5.41, 5.74) is 2.54. The van der Waals surface area contributed by atoms with Gasteiger partial charge in [0.2, 0.25) is 11.8 Å². The first-order valence-electron chi connectivity index (χ1n) is 8.02. The second kappa shape index (κ2) is 9.22. The van der Waals surface area contributed by atoms with Gasteiger partial charge < -0.3 is 15.4 Å². The van der Waals surface area contributed by atoms with Crippen molar-refractivity contribution in [2.75, 3.05) is 18.5 Å². The normalized spacial score (nSPS) is 10.2. The first kappa shape index (κ1) is 19.0. The molecule has 0 bridgehead atoms. The van der Waals surface area contributed by atoms with Crippen LogP contribution in [0.25, 0.3) is 0 Å². The van der Waals surface area contributed by atoms with E-state index in [1.165, 1.54) is 0 Å². The first-order valence-corrected chi connectivity index (χ1v) is 8.81. The highest BCUT2D eigenvalue weighted by Gasteiger charge is 2.08. The van der Waals surface area contributed by atoms with E-state index in [1.807, 2.05) is 56.3 Å². The molecule has 2 amide bonds. The van der Waals surface area contributed by atoms with E-state index in [-0.39, 0.29) is 24.8 Å². The van der Waals surface area contributed by atoms with E-state index >= 15 is 0 Å². The molecule has 0 spiro atoms. The molecule has 0 saturated carbocycles. The predicted octanol–water partition coefficient (Wildman–Crippen LogP) is 3.45. The van der Waals surface area contributed by atoms with Gasteiger partial charge in [-0.15, -0.1) is 0 Å². The minimum Gasteiger partial charge on any atom is -0.494 e. The number of rotatable bonds is 7. The summed E-state index contributed by atoms with van der Waals surface area (Å²) in [5, 5.41) is 5.42. The fraction of sp³-hybridized carbons (Fsp3) is 0.263. The summed E-state index contributed by atoms with van der Waals surface area (Å²) < 4.78 is 6.31.